The van der Waals surface area contributed by atoms with Crippen molar-refractivity contribution < 1.29 is 28.0 Å². The fraction of sp³-hybridized carbons (Fsp3) is 0.172. The van der Waals surface area contributed by atoms with E-state index in [0.717, 1.165) is 29.9 Å². The second-order valence-electron chi connectivity index (χ2n) is 8.11. The summed E-state index contributed by atoms with van der Waals surface area (Å²) in [4.78, 5) is 0. The van der Waals surface area contributed by atoms with Crippen LogP contribution in [0, 0.1) is 20.8 Å². The lowest BCUT2D eigenvalue weighted by molar-refractivity contribution is 0.298. The Morgan fingerprint density at radius 1 is 0.583 bits per heavy atom. The van der Waals surface area contributed by atoms with Crippen LogP contribution in [0.15, 0.2) is 103 Å². The number of phosphoric ester groups is 1. The molecule has 0 spiro atoms. The van der Waals surface area contributed by atoms with Gasteiger partial charge in [-0.3, -0.25) is 0 Å². The lowest BCUT2D eigenvalue weighted by Gasteiger charge is -2.19. The number of aryl methyl sites for hydroxylation is 3. The van der Waals surface area contributed by atoms with Gasteiger partial charge in [-0.15, -0.1) is 0 Å². The largest absolute Gasteiger partial charge is 0.647 e. The van der Waals surface area contributed by atoms with E-state index in [0.29, 0.717) is 23.0 Å². The van der Waals surface area contributed by atoms with Gasteiger partial charge in [0.05, 0.1) is 13.2 Å². The Balaban J connectivity index is 0.000000298. The zero-order chi connectivity index (χ0) is 25.8. The molecule has 0 aromatic heterocycles. The number of rotatable bonds is 6. The standard InChI is InChI=1S/C21H21O4P.C6H6O.C2H4O/c1-16-4-10-19(11-5-16)23-26(22,24-20-12-6-17(2)7-13-20)25-21-14-8-18(3)9-15-21;7-6-4-2-1-3-5-6;1-2-3-1/h4-15H,1-3H3;1-5,7H;1-2H2. The highest BCUT2D eigenvalue weighted by Crippen LogP contribution is 2.49. The van der Waals surface area contributed by atoms with Crippen LogP contribution in [0.1, 0.15) is 16.7 Å². The molecule has 4 aromatic carbocycles. The normalized spacial score (nSPS) is 11.6. The SMILES string of the molecule is C1CO1.Cc1ccc(OP(=O)(Oc2ccc(C)cc2)Oc2ccc(C)cc2)cc1.Oc1ccccc1. The molecule has 1 saturated heterocycles. The lowest BCUT2D eigenvalue weighted by atomic mass is 10.2. The third-order valence-electron chi connectivity index (χ3n) is 4.67. The van der Waals surface area contributed by atoms with Crippen LogP contribution >= 0.6 is 7.82 Å². The van der Waals surface area contributed by atoms with Crippen molar-refractivity contribution in [3.05, 3.63) is 120 Å². The zero-order valence-corrected chi connectivity index (χ0v) is 21.6. The monoisotopic (exact) mass is 506 g/mol. The fourth-order valence-corrected chi connectivity index (χ4v) is 3.92. The molecule has 0 aliphatic carbocycles. The van der Waals surface area contributed by atoms with Gasteiger partial charge in [-0.05, 0) is 69.3 Å². The maximum absolute atomic E-state index is 13.3. The highest BCUT2D eigenvalue weighted by atomic mass is 31.2. The number of epoxide rings is 1. The summed E-state index contributed by atoms with van der Waals surface area (Å²) in [6, 6.07) is 30.4. The number of phosphoric acid groups is 1. The Hall–Kier alpha value is -3.73. The Morgan fingerprint density at radius 2 is 0.889 bits per heavy atom. The van der Waals surface area contributed by atoms with E-state index in [9.17, 15) is 4.57 Å². The fourth-order valence-electron chi connectivity index (χ4n) is 2.67. The quantitative estimate of drug-likeness (QED) is 0.214. The van der Waals surface area contributed by atoms with E-state index < -0.39 is 7.82 Å². The van der Waals surface area contributed by atoms with E-state index in [1.54, 1.807) is 60.7 Å². The third kappa shape index (κ3) is 10.3. The first-order valence-corrected chi connectivity index (χ1v) is 13.0. The van der Waals surface area contributed by atoms with E-state index in [4.69, 9.17) is 18.7 Å². The van der Waals surface area contributed by atoms with Crippen LogP contribution in [0.4, 0.5) is 0 Å². The van der Waals surface area contributed by atoms with Crippen LogP contribution in [0.3, 0.4) is 0 Å². The van der Waals surface area contributed by atoms with E-state index in [-0.39, 0.29) is 0 Å². The Labute approximate surface area is 212 Å². The molecule has 1 heterocycles. The molecule has 36 heavy (non-hydrogen) atoms. The number of para-hydroxylation sites is 1. The van der Waals surface area contributed by atoms with Gasteiger partial charge in [-0.1, -0.05) is 71.3 Å². The van der Waals surface area contributed by atoms with Gasteiger partial charge >= 0.3 is 7.82 Å². The molecule has 1 aliphatic heterocycles. The minimum Gasteiger partial charge on any atom is -0.508 e. The molecule has 0 unspecified atom stereocenters. The van der Waals surface area contributed by atoms with Crippen molar-refractivity contribution in [2.75, 3.05) is 13.2 Å². The zero-order valence-electron chi connectivity index (χ0n) is 20.7. The molecule has 1 N–H and O–H groups in total. The average Bonchev–Trinajstić information content (AvgIpc) is 3.74. The summed E-state index contributed by atoms with van der Waals surface area (Å²) in [5.41, 5.74) is 3.23. The second-order valence-corrected chi connectivity index (χ2v) is 9.55. The van der Waals surface area contributed by atoms with Crippen molar-refractivity contribution in [2.24, 2.45) is 0 Å². The Morgan fingerprint density at radius 3 is 1.11 bits per heavy atom. The van der Waals surface area contributed by atoms with Crippen molar-refractivity contribution in [3.63, 3.8) is 0 Å². The molecule has 4 aromatic rings. The Kier molecular flexibility index (Phi) is 9.99. The molecule has 0 radical (unpaired) electrons. The lowest BCUT2D eigenvalue weighted by Crippen LogP contribution is -2.07. The highest BCUT2D eigenvalue weighted by Gasteiger charge is 2.33. The van der Waals surface area contributed by atoms with Crippen LogP contribution in [-0.4, -0.2) is 18.3 Å². The summed E-state index contributed by atoms with van der Waals surface area (Å²) in [5, 5.41) is 8.63. The van der Waals surface area contributed by atoms with Crippen LogP contribution < -0.4 is 13.6 Å². The number of ether oxygens (including phenoxy) is 1. The van der Waals surface area contributed by atoms with Gasteiger partial charge in [0.25, 0.3) is 0 Å². The number of phenols is 1. The number of aromatic hydroxyl groups is 1. The summed E-state index contributed by atoms with van der Waals surface area (Å²) in [5.74, 6) is 1.57. The molecule has 5 rings (SSSR count). The van der Waals surface area contributed by atoms with Crippen LogP contribution in [0.5, 0.6) is 23.0 Å². The molecule has 1 fully saturated rings. The first kappa shape index (κ1) is 26.9. The first-order chi connectivity index (χ1) is 17.3. The van der Waals surface area contributed by atoms with Gasteiger partial charge in [0.15, 0.2) is 0 Å². The van der Waals surface area contributed by atoms with Gasteiger partial charge in [0.2, 0.25) is 0 Å². The summed E-state index contributed by atoms with van der Waals surface area (Å²) in [6.45, 7) is 7.90. The van der Waals surface area contributed by atoms with Crippen molar-refractivity contribution in [1.82, 2.24) is 0 Å². The molecule has 0 saturated carbocycles. The number of hydrogen-bond acceptors (Lipinski definition) is 6. The van der Waals surface area contributed by atoms with Crippen molar-refractivity contribution in [1.29, 1.82) is 0 Å². The third-order valence-corrected chi connectivity index (χ3v) is 5.98. The highest BCUT2D eigenvalue weighted by molar-refractivity contribution is 7.49. The number of hydrogen-bond donors (Lipinski definition) is 1. The predicted molar refractivity (Wildman–Crippen MR) is 142 cm³/mol. The van der Waals surface area contributed by atoms with E-state index in [1.807, 2.05) is 63.2 Å². The smallest absolute Gasteiger partial charge is 0.508 e. The minimum absolute atomic E-state index is 0.322. The van der Waals surface area contributed by atoms with Crippen molar-refractivity contribution >= 4 is 7.82 Å². The summed E-state index contributed by atoms with van der Waals surface area (Å²) >= 11 is 0. The molecule has 0 amide bonds. The van der Waals surface area contributed by atoms with Gasteiger partial charge in [0.1, 0.15) is 23.0 Å². The second kappa shape index (κ2) is 13.4. The van der Waals surface area contributed by atoms with Crippen molar-refractivity contribution in [2.45, 2.75) is 20.8 Å². The topological polar surface area (TPSA) is 77.5 Å². The maximum Gasteiger partial charge on any atom is 0.647 e. The molecule has 1 aliphatic rings. The summed E-state index contributed by atoms with van der Waals surface area (Å²) in [7, 11) is -3.93. The maximum atomic E-state index is 13.3. The van der Waals surface area contributed by atoms with E-state index in [2.05, 4.69) is 4.74 Å². The average molecular weight is 507 g/mol. The number of phenolic OH excluding ortho intramolecular Hbond substituents is 1. The molecule has 0 atom stereocenters. The molecular formula is C29H31O6P. The van der Waals surface area contributed by atoms with Crippen LogP contribution in [0.2, 0.25) is 0 Å². The predicted octanol–water partition coefficient (Wildman–Crippen LogP) is 7.67. The van der Waals surface area contributed by atoms with Gasteiger partial charge in [-0.25, -0.2) is 0 Å². The first-order valence-electron chi connectivity index (χ1n) is 11.5. The van der Waals surface area contributed by atoms with Gasteiger partial charge < -0.3 is 23.4 Å². The summed E-state index contributed by atoms with van der Waals surface area (Å²) < 4.78 is 34.7. The van der Waals surface area contributed by atoms with Crippen LogP contribution in [0.25, 0.3) is 0 Å². The minimum atomic E-state index is -3.93. The van der Waals surface area contributed by atoms with E-state index in [1.165, 1.54) is 0 Å². The van der Waals surface area contributed by atoms with Crippen LogP contribution in [-0.2, 0) is 9.30 Å². The van der Waals surface area contributed by atoms with E-state index >= 15 is 0 Å². The van der Waals surface area contributed by atoms with Gasteiger partial charge in [0, 0.05) is 0 Å². The molecular weight excluding hydrogens is 475 g/mol. The summed E-state index contributed by atoms with van der Waals surface area (Å²) in [6.07, 6.45) is 0. The Bertz CT molecular complexity index is 1100. The number of benzene rings is 4. The molecule has 188 valence electrons. The molecule has 6 nitrogen and oxygen atoms in total. The van der Waals surface area contributed by atoms with Gasteiger partial charge in [-0.2, -0.15) is 4.57 Å². The molecule has 0 bridgehead atoms. The van der Waals surface area contributed by atoms with Crippen molar-refractivity contribution in [3.8, 4) is 23.0 Å². The molecule has 7 heteroatoms.